The van der Waals surface area contributed by atoms with Gasteiger partial charge in [-0.25, -0.2) is 4.99 Å². The van der Waals surface area contributed by atoms with Gasteiger partial charge in [0.05, 0.1) is 7.11 Å². The Morgan fingerprint density at radius 1 is 1.09 bits per heavy atom. The van der Waals surface area contributed by atoms with Crippen LogP contribution in [0.25, 0.3) is 6.08 Å². The van der Waals surface area contributed by atoms with E-state index < -0.39 is 0 Å². The number of rotatable bonds is 3. The molecule has 2 aromatic rings. The van der Waals surface area contributed by atoms with Crippen molar-refractivity contribution in [1.82, 2.24) is 5.32 Å². The van der Waals surface area contributed by atoms with Crippen molar-refractivity contribution in [2.24, 2.45) is 4.99 Å². The minimum atomic E-state index is -0.251. The Morgan fingerprint density at radius 3 is 2.41 bits per heavy atom. The lowest BCUT2D eigenvalue weighted by atomic mass is 10.2. The van der Waals surface area contributed by atoms with Crippen LogP contribution in [0.4, 0.5) is 0 Å². The predicted octanol–water partition coefficient (Wildman–Crippen LogP) is 2.32. The number of amidine groups is 1. The number of phenols is 1. The lowest BCUT2D eigenvalue weighted by Gasteiger charge is -2.02. The molecular weight excluding hydrogens is 280 g/mol. The smallest absolute Gasteiger partial charge is 0.275 e. The van der Waals surface area contributed by atoms with E-state index in [4.69, 9.17) is 4.74 Å². The quantitative estimate of drug-likeness (QED) is 0.853. The van der Waals surface area contributed by atoms with Crippen LogP contribution in [0.5, 0.6) is 11.5 Å². The highest BCUT2D eigenvalue weighted by molar-refractivity contribution is 6.19. The maximum atomic E-state index is 12.0. The number of carbonyl (C=O) groups is 1. The van der Waals surface area contributed by atoms with Crippen LogP contribution in [-0.4, -0.2) is 24.0 Å². The molecule has 0 saturated carbocycles. The molecule has 0 unspecified atom stereocenters. The average Bonchev–Trinajstić information content (AvgIpc) is 2.91. The molecule has 2 N–H and O–H groups in total. The molecule has 2 aromatic carbocycles. The zero-order valence-electron chi connectivity index (χ0n) is 11.9. The third-order valence-electron chi connectivity index (χ3n) is 3.26. The van der Waals surface area contributed by atoms with E-state index in [0.29, 0.717) is 11.5 Å². The second-order valence-corrected chi connectivity index (χ2v) is 4.76. The molecular formula is C17H14N2O3. The Balaban J connectivity index is 1.88. The number of phenolic OH excluding ortho intramolecular Hbond substituents is 1. The van der Waals surface area contributed by atoms with E-state index >= 15 is 0 Å². The van der Waals surface area contributed by atoms with Crippen molar-refractivity contribution in [3.05, 3.63) is 65.4 Å². The molecule has 0 fully saturated rings. The number of methoxy groups -OCH3 is 1. The Labute approximate surface area is 127 Å². The SMILES string of the molecule is COc1ccc(C2=N/C(=C\c3ccc(O)cc3)C(=O)N2)cc1. The van der Waals surface area contributed by atoms with E-state index in [-0.39, 0.29) is 11.7 Å². The van der Waals surface area contributed by atoms with Crippen LogP contribution >= 0.6 is 0 Å². The van der Waals surface area contributed by atoms with Crippen LogP contribution in [0, 0.1) is 0 Å². The van der Waals surface area contributed by atoms with Crippen LogP contribution in [0.15, 0.2) is 59.2 Å². The molecule has 0 spiro atoms. The second kappa shape index (κ2) is 5.73. The standard InChI is InChI=1S/C17H14N2O3/c1-22-14-8-4-12(5-9-14)16-18-15(17(21)19-16)10-11-2-6-13(20)7-3-11/h2-10,20H,1H3,(H,18,19,21)/b15-10-. The number of nitrogens with one attached hydrogen (secondary N) is 1. The van der Waals surface area contributed by atoms with Gasteiger partial charge in [-0.15, -0.1) is 0 Å². The van der Waals surface area contributed by atoms with Crippen molar-refractivity contribution in [3.63, 3.8) is 0 Å². The van der Waals surface area contributed by atoms with Crippen LogP contribution in [-0.2, 0) is 4.79 Å². The minimum absolute atomic E-state index is 0.181. The molecule has 0 bridgehead atoms. The summed E-state index contributed by atoms with van der Waals surface area (Å²) in [6, 6.07) is 13.9. The largest absolute Gasteiger partial charge is 0.508 e. The first-order valence-electron chi connectivity index (χ1n) is 6.71. The number of benzene rings is 2. The highest BCUT2D eigenvalue weighted by Crippen LogP contribution is 2.18. The molecule has 1 amide bonds. The summed E-state index contributed by atoms with van der Waals surface area (Å²) in [7, 11) is 1.60. The van der Waals surface area contributed by atoms with Gasteiger partial charge in [0.2, 0.25) is 0 Å². The summed E-state index contributed by atoms with van der Waals surface area (Å²) >= 11 is 0. The van der Waals surface area contributed by atoms with Crippen molar-refractivity contribution < 1.29 is 14.6 Å². The lowest BCUT2D eigenvalue weighted by Crippen LogP contribution is -2.24. The second-order valence-electron chi connectivity index (χ2n) is 4.76. The van der Waals surface area contributed by atoms with Gasteiger partial charge in [-0.2, -0.15) is 0 Å². The highest BCUT2D eigenvalue weighted by Gasteiger charge is 2.20. The Morgan fingerprint density at radius 2 is 1.77 bits per heavy atom. The van der Waals surface area contributed by atoms with Gasteiger partial charge in [-0.1, -0.05) is 12.1 Å². The summed E-state index contributed by atoms with van der Waals surface area (Å²) in [6.45, 7) is 0. The van der Waals surface area contributed by atoms with E-state index in [1.54, 1.807) is 37.5 Å². The fourth-order valence-electron chi connectivity index (χ4n) is 2.08. The summed E-state index contributed by atoms with van der Waals surface area (Å²) in [5, 5.41) is 12.0. The van der Waals surface area contributed by atoms with Crippen LogP contribution in [0.2, 0.25) is 0 Å². The predicted molar refractivity (Wildman–Crippen MR) is 83.8 cm³/mol. The van der Waals surface area contributed by atoms with Crippen molar-refractivity contribution in [1.29, 1.82) is 0 Å². The van der Waals surface area contributed by atoms with E-state index in [0.717, 1.165) is 16.9 Å². The maximum absolute atomic E-state index is 12.0. The summed E-state index contributed by atoms with van der Waals surface area (Å²) in [5.74, 6) is 1.19. The fraction of sp³-hybridized carbons (Fsp3) is 0.0588. The molecule has 22 heavy (non-hydrogen) atoms. The number of hydrogen-bond acceptors (Lipinski definition) is 4. The number of aliphatic imine (C=N–C) groups is 1. The molecule has 5 heteroatoms. The zero-order valence-corrected chi connectivity index (χ0v) is 11.9. The van der Waals surface area contributed by atoms with Crippen molar-refractivity contribution in [3.8, 4) is 11.5 Å². The molecule has 5 nitrogen and oxygen atoms in total. The van der Waals surface area contributed by atoms with Gasteiger partial charge in [0.15, 0.2) is 0 Å². The van der Waals surface area contributed by atoms with Crippen LogP contribution in [0.3, 0.4) is 0 Å². The number of nitrogens with zero attached hydrogens (tertiary/aromatic N) is 1. The number of ether oxygens (including phenoxy) is 1. The summed E-state index contributed by atoms with van der Waals surface area (Å²) in [4.78, 5) is 16.3. The third kappa shape index (κ3) is 2.83. The van der Waals surface area contributed by atoms with Gasteiger partial charge in [-0.05, 0) is 48.0 Å². The molecule has 0 aromatic heterocycles. The maximum Gasteiger partial charge on any atom is 0.275 e. The molecule has 0 radical (unpaired) electrons. The number of hydrogen-bond donors (Lipinski definition) is 2. The summed E-state index contributed by atoms with van der Waals surface area (Å²) in [6.07, 6.45) is 1.67. The van der Waals surface area contributed by atoms with E-state index in [1.165, 1.54) is 0 Å². The first kappa shape index (κ1) is 13.9. The van der Waals surface area contributed by atoms with Crippen molar-refractivity contribution >= 4 is 17.8 Å². The zero-order chi connectivity index (χ0) is 15.5. The number of aromatic hydroxyl groups is 1. The van der Waals surface area contributed by atoms with Crippen LogP contribution < -0.4 is 10.1 Å². The van der Waals surface area contributed by atoms with Gasteiger partial charge in [0.1, 0.15) is 23.0 Å². The normalized spacial score (nSPS) is 15.6. The van der Waals surface area contributed by atoms with E-state index in [2.05, 4.69) is 10.3 Å². The third-order valence-corrected chi connectivity index (χ3v) is 3.26. The van der Waals surface area contributed by atoms with Gasteiger partial charge in [0.25, 0.3) is 5.91 Å². The average molecular weight is 294 g/mol. The molecule has 0 aliphatic carbocycles. The molecule has 110 valence electrons. The van der Waals surface area contributed by atoms with Gasteiger partial charge >= 0.3 is 0 Å². The van der Waals surface area contributed by atoms with Crippen molar-refractivity contribution in [2.75, 3.05) is 7.11 Å². The first-order valence-corrected chi connectivity index (χ1v) is 6.71. The van der Waals surface area contributed by atoms with Gasteiger partial charge in [-0.3, -0.25) is 4.79 Å². The first-order chi connectivity index (χ1) is 10.7. The van der Waals surface area contributed by atoms with E-state index in [9.17, 15) is 9.90 Å². The Kier molecular flexibility index (Phi) is 3.62. The van der Waals surface area contributed by atoms with Gasteiger partial charge in [0, 0.05) is 5.56 Å². The van der Waals surface area contributed by atoms with E-state index in [1.807, 2.05) is 24.3 Å². The minimum Gasteiger partial charge on any atom is -0.508 e. The molecule has 1 aliphatic rings. The van der Waals surface area contributed by atoms with Gasteiger partial charge < -0.3 is 15.2 Å². The molecule has 0 saturated heterocycles. The Hall–Kier alpha value is -3.08. The summed E-state index contributed by atoms with van der Waals surface area (Å²) in [5.41, 5.74) is 1.93. The number of amides is 1. The number of carbonyl (C=O) groups excluding carboxylic acids is 1. The molecule has 1 aliphatic heterocycles. The molecule has 1 heterocycles. The van der Waals surface area contributed by atoms with Crippen LogP contribution in [0.1, 0.15) is 11.1 Å². The topological polar surface area (TPSA) is 70.9 Å². The summed E-state index contributed by atoms with van der Waals surface area (Å²) < 4.78 is 5.10. The molecule has 3 rings (SSSR count). The lowest BCUT2D eigenvalue weighted by molar-refractivity contribution is -0.115. The Bertz CT molecular complexity index is 759. The van der Waals surface area contributed by atoms with Crippen molar-refractivity contribution in [2.45, 2.75) is 0 Å². The monoisotopic (exact) mass is 294 g/mol. The highest BCUT2D eigenvalue weighted by atomic mass is 16.5. The fourth-order valence-corrected chi connectivity index (χ4v) is 2.08. The molecule has 0 atom stereocenters.